The monoisotopic (exact) mass is 368 g/mol. The molecule has 0 bridgehead atoms. The van der Waals surface area contributed by atoms with Crippen molar-refractivity contribution >= 4 is 17.1 Å². The van der Waals surface area contributed by atoms with Crippen LogP contribution >= 0.6 is 0 Å². The predicted octanol–water partition coefficient (Wildman–Crippen LogP) is 2.77. The Morgan fingerprint density at radius 2 is 1.93 bits per heavy atom. The van der Waals surface area contributed by atoms with Gasteiger partial charge < -0.3 is 5.32 Å². The molecule has 1 amide bonds. The molecule has 7 heteroatoms. The highest BCUT2D eigenvalue weighted by atomic mass is 19.1. The van der Waals surface area contributed by atoms with E-state index in [4.69, 9.17) is 0 Å². The molecule has 0 saturated heterocycles. The number of rotatable bonds is 5. The second kappa shape index (κ2) is 7.34. The lowest BCUT2D eigenvalue weighted by Crippen LogP contribution is -2.33. The van der Waals surface area contributed by atoms with Crippen LogP contribution in [-0.2, 0) is 17.9 Å². The van der Waals surface area contributed by atoms with Crippen molar-refractivity contribution in [2.24, 2.45) is 0 Å². The highest BCUT2D eigenvalue weighted by Crippen LogP contribution is 2.30. The average molecular weight is 368 g/mol. The van der Waals surface area contributed by atoms with E-state index in [1.165, 1.54) is 16.7 Å². The highest BCUT2D eigenvalue weighted by molar-refractivity contribution is 5.79. The fourth-order valence-electron chi connectivity index (χ4n) is 3.76. The number of fused-ring (bicyclic) bond motifs is 1. The zero-order valence-electron chi connectivity index (χ0n) is 14.9. The topological polar surface area (TPSA) is 68.9 Å². The van der Waals surface area contributed by atoms with Crippen LogP contribution in [0.25, 0.3) is 11.2 Å². The number of aromatic nitrogens is 3. The molecule has 1 fully saturated rings. The summed E-state index contributed by atoms with van der Waals surface area (Å²) in [5.74, 6) is -0.584. The summed E-state index contributed by atoms with van der Waals surface area (Å²) in [5, 5.41) is 2.79. The predicted molar refractivity (Wildman–Crippen MR) is 99.7 cm³/mol. The molecule has 1 saturated carbocycles. The largest absolute Gasteiger partial charge is 0.350 e. The fourth-order valence-corrected chi connectivity index (χ4v) is 3.76. The van der Waals surface area contributed by atoms with Crippen molar-refractivity contribution in [1.29, 1.82) is 0 Å². The molecule has 2 aromatic heterocycles. The zero-order valence-corrected chi connectivity index (χ0v) is 14.9. The van der Waals surface area contributed by atoms with Gasteiger partial charge in [0.15, 0.2) is 5.65 Å². The van der Waals surface area contributed by atoms with E-state index in [1.54, 1.807) is 29.0 Å². The van der Waals surface area contributed by atoms with E-state index in [-0.39, 0.29) is 36.5 Å². The first-order valence-corrected chi connectivity index (χ1v) is 9.20. The number of halogens is 1. The molecule has 0 aliphatic heterocycles. The Balaban J connectivity index is 1.56. The molecule has 6 nitrogen and oxygen atoms in total. The van der Waals surface area contributed by atoms with Crippen molar-refractivity contribution < 1.29 is 9.18 Å². The van der Waals surface area contributed by atoms with E-state index in [2.05, 4.69) is 10.3 Å². The summed E-state index contributed by atoms with van der Waals surface area (Å²) in [6.07, 6.45) is 5.81. The van der Waals surface area contributed by atoms with Crippen molar-refractivity contribution in [2.45, 2.75) is 44.8 Å². The van der Waals surface area contributed by atoms with Gasteiger partial charge in [-0.1, -0.05) is 25.0 Å². The fraction of sp³-hybridized carbons (Fsp3) is 0.350. The van der Waals surface area contributed by atoms with E-state index in [9.17, 15) is 14.0 Å². The lowest BCUT2D eigenvalue weighted by atomic mass is 10.2. The van der Waals surface area contributed by atoms with Crippen LogP contribution in [-0.4, -0.2) is 20.0 Å². The first kappa shape index (κ1) is 17.5. The standard InChI is InChI=1S/C20H21FN4O2/c21-15-9-7-14(8-10-15)12-23-18(26)13-24-17-6-3-11-22-19(17)25(20(24)27)16-4-1-2-5-16/h3,6-11,16H,1-2,4-5,12-13H2,(H,23,26). The smallest absolute Gasteiger partial charge is 0.331 e. The van der Waals surface area contributed by atoms with Crippen LogP contribution in [0.2, 0.25) is 0 Å². The molecule has 0 spiro atoms. The minimum absolute atomic E-state index is 0.0675. The molecule has 1 aliphatic rings. The normalized spacial score (nSPS) is 14.7. The Kier molecular flexibility index (Phi) is 4.75. The number of nitrogens with one attached hydrogen (secondary N) is 1. The summed E-state index contributed by atoms with van der Waals surface area (Å²) < 4.78 is 16.2. The van der Waals surface area contributed by atoms with Gasteiger partial charge in [0, 0.05) is 18.8 Å². The number of amides is 1. The third-order valence-electron chi connectivity index (χ3n) is 5.12. The van der Waals surface area contributed by atoms with Gasteiger partial charge in [0.2, 0.25) is 5.91 Å². The second-order valence-corrected chi connectivity index (χ2v) is 6.93. The van der Waals surface area contributed by atoms with Crippen molar-refractivity contribution in [3.05, 3.63) is 64.5 Å². The number of pyridine rings is 1. The van der Waals surface area contributed by atoms with Gasteiger partial charge >= 0.3 is 5.69 Å². The first-order valence-electron chi connectivity index (χ1n) is 9.20. The van der Waals surface area contributed by atoms with E-state index in [0.29, 0.717) is 11.2 Å². The van der Waals surface area contributed by atoms with Crippen LogP contribution in [0.4, 0.5) is 4.39 Å². The van der Waals surface area contributed by atoms with Gasteiger partial charge in [-0.2, -0.15) is 0 Å². The third kappa shape index (κ3) is 3.49. The van der Waals surface area contributed by atoms with Crippen LogP contribution in [0.15, 0.2) is 47.4 Å². The minimum Gasteiger partial charge on any atom is -0.350 e. The number of carbonyl (C=O) groups is 1. The molecule has 1 N–H and O–H groups in total. The van der Waals surface area contributed by atoms with E-state index in [1.807, 2.05) is 6.07 Å². The molecule has 1 aliphatic carbocycles. The molecule has 1 aromatic carbocycles. The van der Waals surface area contributed by atoms with Crippen molar-refractivity contribution in [3.8, 4) is 0 Å². The molecule has 3 aromatic rings. The molecule has 0 atom stereocenters. The van der Waals surface area contributed by atoms with Crippen molar-refractivity contribution in [2.75, 3.05) is 0 Å². The number of imidazole rings is 1. The van der Waals surface area contributed by atoms with Gasteiger partial charge in [-0.05, 0) is 42.7 Å². The summed E-state index contributed by atoms with van der Waals surface area (Å²) in [4.78, 5) is 29.8. The SMILES string of the molecule is O=C(Cn1c(=O)n(C2CCCC2)c2ncccc21)NCc1ccc(F)cc1. The van der Waals surface area contributed by atoms with Gasteiger partial charge in [0.1, 0.15) is 12.4 Å². The number of nitrogens with zero attached hydrogens (tertiary/aromatic N) is 3. The third-order valence-corrected chi connectivity index (χ3v) is 5.12. The van der Waals surface area contributed by atoms with Crippen LogP contribution in [0.3, 0.4) is 0 Å². The average Bonchev–Trinajstić information content (AvgIpc) is 3.28. The van der Waals surface area contributed by atoms with Gasteiger partial charge in [0.05, 0.1) is 5.52 Å². The Bertz CT molecular complexity index is 1020. The van der Waals surface area contributed by atoms with E-state index < -0.39 is 0 Å². The van der Waals surface area contributed by atoms with Crippen molar-refractivity contribution in [1.82, 2.24) is 19.4 Å². The molecule has 0 unspecified atom stereocenters. The minimum atomic E-state index is -0.316. The summed E-state index contributed by atoms with van der Waals surface area (Å²) in [6.45, 7) is 0.218. The quantitative estimate of drug-likeness (QED) is 0.753. The highest BCUT2D eigenvalue weighted by Gasteiger charge is 2.24. The molecule has 0 radical (unpaired) electrons. The van der Waals surface area contributed by atoms with E-state index in [0.717, 1.165) is 31.2 Å². The molecule has 4 rings (SSSR count). The molecule has 140 valence electrons. The maximum Gasteiger partial charge on any atom is 0.331 e. The number of hydrogen-bond acceptors (Lipinski definition) is 3. The van der Waals surface area contributed by atoms with Crippen LogP contribution < -0.4 is 11.0 Å². The lowest BCUT2D eigenvalue weighted by Gasteiger charge is -2.10. The molecule has 2 heterocycles. The summed E-state index contributed by atoms with van der Waals surface area (Å²) >= 11 is 0. The van der Waals surface area contributed by atoms with Gasteiger partial charge in [0.25, 0.3) is 0 Å². The van der Waals surface area contributed by atoms with Crippen LogP contribution in [0.5, 0.6) is 0 Å². The Labute approximate surface area is 155 Å². The van der Waals surface area contributed by atoms with Gasteiger partial charge in [-0.25, -0.2) is 14.2 Å². The number of hydrogen-bond donors (Lipinski definition) is 1. The molecule has 27 heavy (non-hydrogen) atoms. The Morgan fingerprint density at radius 1 is 1.19 bits per heavy atom. The lowest BCUT2D eigenvalue weighted by molar-refractivity contribution is -0.121. The zero-order chi connectivity index (χ0) is 18.8. The first-order chi connectivity index (χ1) is 13.1. The summed E-state index contributed by atoms with van der Waals surface area (Å²) in [7, 11) is 0. The Hall–Kier alpha value is -2.96. The number of carbonyl (C=O) groups excluding carboxylic acids is 1. The summed E-state index contributed by atoms with van der Waals surface area (Å²) in [6, 6.07) is 9.70. The van der Waals surface area contributed by atoms with Crippen LogP contribution in [0, 0.1) is 5.82 Å². The summed E-state index contributed by atoms with van der Waals surface area (Å²) in [5.41, 5.74) is 1.92. The van der Waals surface area contributed by atoms with Crippen LogP contribution in [0.1, 0.15) is 37.3 Å². The Morgan fingerprint density at radius 3 is 2.67 bits per heavy atom. The molecular weight excluding hydrogens is 347 g/mol. The van der Waals surface area contributed by atoms with Crippen molar-refractivity contribution in [3.63, 3.8) is 0 Å². The maximum atomic E-state index is 13.0. The van der Waals surface area contributed by atoms with Gasteiger partial charge in [-0.15, -0.1) is 0 Å². The molecular formula is C20H21FN4O2. The second-order valence-electron chi connectivity index (χ2n) is 6.93. The number of benzene rings is 1. The van der Waals surface area contributed by atoms with Gasteiger partial charge in [-0.3, -0.25) is 13.9 Å². The van der Waals surface area contributed by atoms with E-state index >= 15 is 0 Å². The maximum absolute atomic E-state index is 13.0.